The molecule has 2 aliphatic carbocycles. The number of carbonyl (C=O) groups is 1. The Morgan fingerprint density at radius 2 is 2.11 bits per heavy atom. The van der Waals surface area contributed by atoms with E-state index in [0.717, 1.165) is 19.4 Å². The van der Waals surface area contributed by atoms with Crippen LogP contribution < -0.4 is 5.32 Å². The molecule has 4 heteroatoms. The van der Waals surface area contributed by atoms with Crippen molar-refractivity contribution in [3.8, 4) is 0 Å². The van der Waals surface area contributed by atoms with E-state index >= 15 is 0 Å². The van der Waals surface area contributed by atoms with E-state index in [1.54, 1.807) is 0 Å². The molecule has 0 aromatic carbocycles. The first kappa shape index (κ1) is 14.6. The monoisotopic (exact) mass is 268 g/mol. The highest BCUT2D eigenvalue weighted by molar-refractivity contribution is 5.75. The van der Waals surface area contributed by atoms with Crippen LogP contribution in [-0.2, 0) is 0 Å². The fourth-order valence-electron chi connectivity index (χ4n) is 3.30. The van der Waals surface area contributed by atoms with E-state index in [2.05, 4.69) is 19.2 Å². The van der Waals surface area contributed by atoms with Crippen LogP contribution in [-0.4, -0.2) is 41.8 Å². The largest absolute Gasteiger partial charge is 0.395 e. The molecule has 110 valence electrons. The van der Waals surface area contributed by atoms with E-state index in [-0.39, 0.29) is 12.6 Å². The Morgan fingerprint density at radius 3 is 2.53 bits per heavy atom. The first-order valence-corrected chi connectivity index (χ1v) is 7.72. The van der Waals surface area contributed by atoms with Gasteiger partial charge in [0.1, 0.15) is 0 Å². The maximum Gasteiger partial charge on any atom is 0.317 e. The van der Waals surface area contributed by atoms with Crippen LogP contribution in [0.4, 0.5) is 4.79 Å². The van der Waals surface area contributed by atoms with Gasteiger partial charge in [-0.15, -0.1) is 0 Å². The molecule has 2 fully saturated rings. The Hall–Kier alpha value is -0.770. The summed E-state index contributed by atoms with van der Waals surface area (Å²) in [4.78, 5) is 14.0. The van der Waals surface area contributed by atoms with Crippen molar-refractivity contribution < 1.29 is 9.90 Å². The number of hydrogen-bond acceptors (Lipinski definition) is 2. The molecular weight excluding hydrogens is 240 g/mol. The number of aliphatic hydroxyl groups excluding tert-OH is 1. The van der Waals surface area contributed by atoms with E-state index < -0.39 is 0 Å². The summed E-state index contributed by atoms with van der Waals surface area (Å²) >= 11 is 0. The molecule has 0 heterocycles. The SMILES string of the molecule is CC(C)CC1(CNC(=O)N(CCO)C2CC2)CCC1. The van der Waals surface area contributed by atoms with Crippen molar-refractivity contribution in [2.24, 2.45) is 11.3 Å². The van der Waals surface area contributed by atoms with Crippen molar-refractivity contribution in [3.05, 3.63) is 0 Å². The van der Waals surface area contributed by atoms with E-state index in [1.807, 2.05) is 4.90 Å². The van der Waals surface area contributed by atoms with Gasteiger partial charge in [0.15, 0.2) is 0 Å². The second-order valence-corrected chi connectivity index (χ2v) is 6.76. The fourth-order valence-corrected chi connectivity index (χ4v) is 3.30. The topological polar surface area (TPSA) is 52.6 Å². The average molecular weight is 268 g/mol. The van der Waals surface area contributed by atoms with Gasteiger partial charge in [0.2, 0.25) is 0 Å². The summed E-state index contributed by atoms with van der Waals surface area (Å²) in [5, 5.41) is 12.2. The van der Waals surface area contributed by atoms with Gasteiger partial charge in [-0.05, 0) is 43.4 Å². The molecular formula is C15H28N2O2. The number of rotatable bonds is 7. The number of amides is 2. The molecule has 0 aliphatic heterocycles. The standard InChI is InChI=1S/C15H28N2O2/c1-12(2)10-15(6-3-7-15)11-16-14(19)17(8-9-18)13-4-5-13/h12-13,18H,3-11H2,1-2H3,(H,16,19). The van der Waals surface area contributed by atoms with E-state index in [9.17, 15) is 4.79 Å². The van der Waals surface area contributed by atoms with Gasteiger partial charge in [-0.25, -0.2) is 4.79 Å². The van der Waals surface area contributed by atoms with Crippen molar-refractivity contribution in [2.75, 3.05) is 19.7 Å². The minimum absolute atomic E-state index is 0.0200. The molecule has 0 aromatic heterocycles. The van der Waals surface area contributed by atoms with E-state index in [4.69, 9.17) is 5.11 Å². The van der Waals surface area contributed by atoms with Crippen molar-refractivity contribution in [3.63, 3.8) is 0 Å². The maximum atomic E-state index is 12.2. The zero-order chi connectivity index (χ0) is 13.9. The van der Waals surface area contributed by atoms with Crippen LogP contribution >= 0.6 is 0 Å². The van der Waals surface area contributed by atoms with Crippen LogP contribution in [0, 0.1) is 11.3 Å². The molecule has 0 radical (unpaired) electrons. The zero-order valence-corrected chi connectivity index (χ0v) is 12.3. The molecule has 2 amide bonds. The normalized spacial score (nSPS) is 21.1. The molecule has 0 unspecified atom stereocenters. The highest BCUT2D eigenvalue weighted by Gasteiger charge is 2.39. The van der Waals surface area contributed by atoms with Crippen LogP contribution in [0.1, 0.15) is 52.4 Å². The molecule has 0 aromatic rings. The molecule has 2 saturated carbocycles. The summed E-state index contributed by atoms with van der Waals surface area (Å²) < 4.78 is 0. The third-order valence-corrected chi connectivity index (χ3v) is 4.46. The van der Waals surface area contributed by atoms with Crippen LogP contribution in [0.5, 0.6) is 0 Å². The lowest BCUT2D eigenvalue weighted by atomic mass is 9.64. The predicted octanol–water partition coefficient (Wildman–Crippen LogP) is 2.37. The van der Waals surface area contributed by atoms with Crippen LogP contribution in [0.2, 0.25) is 0 Å². The summed E-state index contributed by atoms with van der Waals surface area (Å²) in [6.07, 6.45) is 7.17. The summed E-state index contributed by atoms with van der Waals surface area (Å²) in [5.41, 5.74) is 0.345. The van der Waals surface area contributed by atoms with Gasteiger partial charge in [0, 0.05) is 19.1 Å². The van der Waals surface area contributed by atoms with Gasteiger partial charge in [0.05, 0.1) is 6.61 Å². The number of nitrogens with one attached hydrogen (secondary N) is 1. The van der Waals surface area contributed by atoms with Crippen LogP contribution in [0.15, 0.2) is 0 Å². The maximum absolute atomic E-state index is 12.2. The predicted molar refractivity (Wildman–Crippen MR) is 76.0 cm³/mol. The van der Waals surface area contributed by atoms with Crippen molar-refractivity contribution in [2.45, 2.75) is 58.4 Å². The van der Waals surface area contributed by atoms with Gasteiger partial charge in [-0.3, -0.25) is 0 Å². The smallest absolute Gasteiger partial charge is 0.317 e. The second kappa shape index (κ2) is 6.12. The van der Waals surface area contributed by atoms with E-state index in [1.165, 1.54) is 25.7 Å². The highest BCUT2D eigenvalue weighted by Crippen LogP contribution is 2.45. The van der Waals surface area contributed by atoms with Gasteiger partial charge in [-0.1, -0.05) is 20.3 Å². The second-order valence-electron chi connectivity index (χ2n) is 6.76. The molecule has 0 bridgehead atoms. The Kier molecular flexibility index (Phi) is 4.71. The number of carbonyl (C=O) groups excluding carboxylic acids is 1. The molecule has 2 rings (SSSR count). The Balaban J connectivity index is 1.81. The Bertz CT molecular complexity index is 309. The van der Waals surface area contributed by atoms with Gasteiger partial charge in [0.25, 0.3) is 0 Å². The lowest BCUT2D eigenvalue weighted by Gasteiger charge is -2.43. The first-order chi connectivity index (χ1) is 9.06. The Labute approximate surface area is 116 Å². The minimum atomic E-state index is 0.0200. The zero-order valence-electron chi connectivity index (χ0n) is 12.3. The minimum Gasteiger partial charge on any atom is -0.395 e. The highest BCUT2D eigenvalue weighted by atomic mass is 16.3. The quantitative estimate of drug-likeness (QED) is 0.745. The number of aliphatic hydroxyl groups is 1. The summed E-state index contributed by atoms with van der Waals surface area (Å²) in [6.45, 7) is 5.84. The lowest BCUT2D eigenvalue weighted by molar-refractivity contribution is 0.0958. The lowest BCUT2D eigenvalue weighted by Crippen LogP contribution is -2.49. The van der Waals surface area contributed by atoms with Crippen molar-refractivity contribution >= 4 is 6.03 Å². The van der Waals surface area contributed by atoms with Gasteiger partial charge >= 0.3 is 6.03 Å². The fraction of sp³-hybridized carbons (Fsp3) is 0.933. The third kappa shape index (κ3) is 3.85. The average Bonchev–Trinajstić information content (AvgIpc) is 3.12. The summed E-state index contributed by atoms with van der Waals surface area (Å²) in [6, 6.07) is 0.390. The number of urea groups is 1. The molecule has 4 nitrogen and oxygen atoms in total. The summed E-state index contributed by atoms with van der Waals surface area (Å²) in [5.74, 6) is 0.689. The number of hydrogen-bond donors (Lipinski definition) is 2. The molecule has 2 aliphatic rings. The van der Waals surface area contributed by atoms with Gasteiger partial charge in [-0.2, -0.15) is 0 Å². The molecule has 2 N–H and O–H groups in total. The Morgan fingerprint density at radius 1 is 1.42 bits per heavy atom. The molecule has 19 heavy (non-hydrogen) atoms. The van der Waals surface area contributed by atoms with Crippen molar-refractivity contribution in [1.29, 1.82) is 0 Å². The molecule has 0 spiro atoms. The van der Waals surface area contributed by atoms with Crippen LogP contribution in [0.25, 0.3) is 0 Å². The number of nitrogens with zero attached hydrogens (tertiary/aromatic N) is 1. The van der Waals surface area contributed by atoms with Crippen molar-refractivity contribution in [1.82, 2.24) is 10.2 Å². The van der Waals surface area contributed by atoms with Gasteiger partial charge < -0.3 is 15.3 Å². The van der Waals surface area contributed by atoms with Crippen LogP contribution in [0.3, 0.4) is 0 Å². The summed E-state index contributed by atoms with van der Waals surface area (Å²) in [7, 11) is 0. The molecule has 0 saturated heterocycles. The molecule has 0 atom stereocenters. The van der Waals surface area contributed by atoms with E-state index in [0.29, 0.717) is 23.9 Å². The first-order valence-electron chi connectivity index (χ1n) is 7.72. The third-order valence-electron chi connectivity index (χ3n) is 4.46.